The van der Waals surface area contributed by atoms with E-state index in [0.29, 0.717) is 12.2 Å². The van der Waals surface area contributed by atoms with Crippen LogP contribution in [0.4, 0.5) is 0 Å². The SMILES string of the molecule is O=C(Cc1ccc(Br)cn1)C1CN2CCN1CC2. The third-order valence-electron chi connectivity index (χ3n) is 3.79. The molecule has 0 spiro atoms. The molecule has 3 aliphatic rings. The molecule has 0 aromatic carbocycles. The number of carbonyl (C=O) groups is 1. The van der Waals surface area contributed by atoms with Gasteiger partial charge in [-0.25, -0.2) is 0 Å². The molecule has 3 fully saturated rings. The molecule has 2 bridgehead atoms. The van der Waals surface area contributed by atoms with Gasteiger partial charge in [-0.2, -0.15) is 0 Å². The van der Waals surface area contributed by atoms with Gasteiger partial charge in [0.15, 0.2) is 5.78 Å². The highest BCUT2D eigenvalue weighted by molar-refractivity contribution is 9.10. The van der Waals surface area contributed by atoms with E-state index in [9.17, 15) is 4.79 Å². The minimum atomic E-state index is 0.0814. The summed E-state index contributed by atoms with van der Waals surface area (Å²) in [5, 5.41) is 0. The molecule has 4 nitrogen and oxygen atoms in total. The summed E-state index contributed by atoms with van der Waals surface area (Å²) in [4.78, 5) is 21.3. The number of hydrogen-bond acceptors (Lipinski definition) is 4. The van der Waals surface area contributed by atoms with Gasteiger partial charge in [0.1, 0.15) is 0 Å². The Morgan fingerprint density at radius 1 is 1.33 bits per heavy atom. The van der Waals surface area contributed by atoms with Gasteiger partial charge in [-0.1, -0.05) is 0 Å². The number of piperazine rings is 3. The summed E-state index contributed by atoms with van der Waals surface area (Å²) in [6.07, 6.45) is 2.20. The Morgan fingerprint density at radius 2 is 2.11 bits per heavy atom. The molecule has 1 aromatic heterocycles. The van der Waals surface area contributed by atoms with Crippen molar-refractivity contribution >= 4 is 21.7 Å². The molecule has 0 radical (unpaired) electrons. The van der Waals surface area contributed by atoms with Crippen LogP contribution in [0.5, 0.6) is 0 Å². The van der Waals surface area contributed by atoms with Gasteiger partial charge in [0.25, 0.3) is 0 Å². The first-order valence-electron chi connectivity index (χ1n) is 6.32. The van der Waals surface area contributed by atoms with Crippen LogP contribution in [0.1, 0.15) is 5.69 Å². The molecule has 18 heavy (non-hydrogen) atoms. The van der Waals surface area contributed by atoms with E-state index in [0.717, 1.165) is 42.9 Å². The largest absolute Gasteiger partial charge is 0.299 e. The number of aromatic nitrogens is 1. The molecular weight excluding hydrogens is 294 g/mol. The van der Waals surface area contributed by atoms with Crippen molar-refractivity contribution in [2.75, 3.05) is 32.7 Å². The highest BCUT2D eigenvalue weighted by Crippen LogP contribution is 2.17. The second-order valence-electron chi connectivity index (χ2n) is 4.96. The lowest BCUT2D eigenvalue weighted by Crippen LogP contribution is -2.63. The van der Waals surface area contributed by atoms with Crippen LogP contribution in [-0.4, -0.2) is 59.3 Å². The number of fused-ring (bicyclic) bond motifs is 3. The van der Waals surface area contributed by atoms with Crippen LogP contribution in [0.25, 0.3) is 0 Å². The number of Topliss-reactive ketones (excluding diaryl/α,β-unsaturated/α-hetero) is 1. The van der Waals surface area contributed by atoms with Crippen LogP contribution in [-0.2, 0) is 11.2 Å². The quantitative estimate of drug-likeness (QED) is 0.833. The number of halogens is 1. The van der Waals surface area contributed by atoms with Crippen molar-refractivity contribution < 1.29 is 4.79 Å². The Hall–Kier alpha value is -0.780. The van der Waals surface area contributed by atoms with Crippen LogP contribution >= 0.6 is 15.9 Å². The van der Waals surface area contributed by atoms with Crippen LogP contribution < -0.4 is 0 Å². The van der Waals surface area contributed by atoms with Gasteiger partial charge in [-0.05, 0) is 28.1 Å². The van der Waals surface area contributed by atoms with Crippen molar-refractivity contribution in [2.24, 2.45) is 0 Å². The number of pyridine rings is 1. The number of carbonyl (C=O) groups excluding carboxylic acids is 1. The van der Waals surface area contributed by atoms with Crippen molar-refractivity contribution in [2.45, 2.75) is 12.5 Å². The zero-order valence-corrected chi connectivity index (χ0v) is 11.8. The lowest BCUT2D eigenvalue weighted by atomic mass is 10.0. The van der Waals surface area contributed by atoms with Crippen molar-refractivity contribution in [3.05, 3.63) is 28.5 Å². The van der Waals surface area contributed by atoms with Gasteiger partial charge in [0.05, 0.1) is 12.5 Å². The summed E-state index contributed by atoms with van der Waals surface area (Å²) in [6, 6.07) is 3.93. The first-order chi connectivity index (χ1) is 8.72. The maximum absolute atomic E-state index is 12.3. The average molecular weight is 310 g/mol. The lowest BCUT2D eigenvalue weighted by Gasteiger charge is -2.46. The van der Waals surface area contributed by atoms with Crippen molar-refractivity contribution in [3.63, 3.8) is 0 Å². The Labute approximate surface area is 115 Å². The van der Waals surface area contributed by atoms with E-state index in [-0.39, 0.29) is 6.04 Å². The van der Waals surface area contributed by atoms with E-state index in [1.807, 2.05) is 12.1 Å². The van der Waals surface area contributed by atoms with E-state index < -0.39 is 0 Å². The third-order valence-corrected chi connectivity index (χ3v) is 4.26. The summed E-state index contributed by atoms with van der Waals surface area (Å²) >= 11 is 3.35. The molecule has 1 atom stereocenters. The fourth-order valence-corrected chi connectivity index (χ4v) is 2.96. The van der Waals surface area contributed by atoms with Crippen molar-refractivity contribution in [1.82, 2.24) is 14.8 Å². The Kier molecular flexibility index (Phi) is 3.46. The Balaban J connectivity index is 1.66. The highest BCUT2D eigenvalue weighted by Gasteiger charge is 2.35. The van der Waals surface area contributed by atoms with Crippen LogP contribution in [0.3, 0.4) is 0 Å². The normalized spacial score (nSPS) is 30.4. The molecule has 3 saturated heterocycles. The molecule has 0 aliphatic carbocycles. The maximum atomic E-state index is 12.3. The van der Waals surface area contributed by atoms with E-state index in [2.05, 4.69) is 30.7 Å². The summed E-state index contributed by atoms with van der Waals surface area (Å²) in [5.74, 6) is 0.300. The molecule has 0 saturated carbocycles. The molecule has 4 heterocycles. The second-order valence-corrected chi connectivity index (χ2v) is 5.88. The summed E-state index contributed by atoms with van der Waals surface area (Å²) in [5.41, 5.74) is 0.862. The molecule has 0 amide bonds. The fraction of sp³-hybridized carbons (Fsp3) is 0.538. The molecule has 0 N–H and O–H groups in total. The topological polar surface area (TPSA) is 36.4 Å². The molecule has 1 unspecified atom stereocenters. The molecular formula is C13H16BrN3O. The fourth-order valence-electron chi connectivity index (χ4n) is 2.73. The Morgan fingerprint density at radius 3 is 2.67 bits per heavy atom. The van der Waals surface area contributed by atoms with Gasteiger partial charge < -0.3 is 0 Å². The molecule has 4 rings (SSSR count). The average Bonchev–Trinajstić information content (AvgIpc) is 2.42. The minimum Gasteiger partial charge on any atom is -0.299 e. The lowest BCUT2D eigenvalue weighted by molar-refractivity contribution is -0.128. The number of ketones is 1. The first-order valence-corrected chi connectivity index (χ1v) is 7.11. The number of nitrogens with zero attached hydrogens (tertiary/aromatic N) is 3. The molecule has 3 aliphatic heterocycles. The molecule has 1 aromatic rings. The van der Waals surface area contributed by atoms with Gasteiger partial charge in [-0.3, -0.25) is 19.6 Å². The van der Waals surface area contributed by atoms with Gasteiger partial charge in [-0.15, -0.1) is 0 Å². The zero-order valence-electron chi connectivity index (χ0n) is 10.2. The van der Waals surface area contributed by atoms with Crippen LogP contribution in [0, 0.1) is 0 Å². The van der Waals surface area contributed by atoms with Crippen LogP contribution in [0.2, 0.25) is 0 Å². The zero-order chi connectivity index (χ0) is 12.5. The monoisotopic (exact) mass is 309 g/mol. The smallest absolute Gasteiger partial charge is 0.157 e. The summed E-state index contributed by atoms with van der Waals surface area (Å²) in [6.45, 7) is 5.18. The number of rotatable bonds is 3. The summed E-state index contributed by atoms with van der Waals surface area (Å²) in [7, 11) is 0. The van der Waals surface area contributed by atoms with Gasteiger partial charge in [0, 0.05) is 49.1 Å². The Bertz CT molecular complexity index is 440. The minimum absolute atomic E-state index is 0.0814. The highest BCUT2D eigenvalue weighted by atomic mass is 79.9. The van der Waals surface area contributed by atoms with Crippen molar-refractivity contribution in [3.8, 4) is 0 Å². The number of hydrogen-bond donors (Lipinski definition) is 0. The first kappa shape index (κ1) is 12.3. The maximum Gasteiger partial charge on any atom is 0.157 e. The molecule has 5 heteroatoms. The van der Waals surface area contributed by atoms with E-state index in [1.54, 1.807) is 6.20 Å². The van der Waals surface area contributed by atoms with E-state index in [4.69, 9.17) is 0 Å². The van der Waals surface area contributed by atoms with E-state index in [1.165, 1.54) is 0 Å². The predicted octanol–water partition coefficient (Wildman–Crippen LogP) is 0.955. The third kappa shape index (κ3) is 2.48. The predicted molar refractivity (Wildman–Crippen MR) is 72.4 cm³/mol. The van der Waals surface area contributed by atoms with E-state index >= 15 is 0 Å². The van der Waals surface area contributed by atoms with Crippen LogP contribution in [0.15, 0.2) is 22.8 Å². The second kappa shape index (κ2) is 5.07. The van der Waals surface area contributed by atoms with Gasteiger partial charge in [0.2, 0.25) is 0 Å². The van der Waals surface area contributed by atoms with Gasteiger partial charge >= 0.3 is 0 Å². The van der Waals surface area contributed by atoms with Crippen molar-refractivity contribution in [1.29, 1.82) is 0 Å². The molecule has 96 valence electrons. The summed E-state index contributed by atoms with van der Waals surface area (Å²) < 4.78 is 0.949. The standard InChI is InChI=1S/C13H16BrN3O/c14-10-1-2-11(15-8-10)7-13(18)12-9-16-3-5-17(12)6-4-16/h1-2,8,12H,3-7,9H2.